The Bertz CT molecular complexity index is 501. The lowest BCUT2D eigenvalue weighted by molar-refractivity contribution is -0.137. The third-order valence-electron chi connectivity index (χ3n) is 2.54. The molecule has 0 atom stereocenters. The molecule has 2 amide bonds. The Morgan fingerprint density at radius 3 is 2.75 bits per heavy atom. The van der Waals surface area contributed by atoms with Crippen molar-refractivity contribution in [3.05, 3.63) is 11.1 Å². The van der Waals surface area contributed by atoms with Gasteiger partial charge in [-0.1, -0.05) is 0 Å². The quantitative estimate of drug-likeness (QED) is 0.781. The van der Waals surface area contributed by atoms with Crippen molar-refractivity contribution in [2.45, 2.75) is 26.2 Å². The minimum Gasteiger partial charge on any atom is -0.481 e. The van der Waals surface area contributed by atoms with Gasteiger partial charge in [0, 0.05) is 25.8 Å². The summed E-state index contributed by atoms with van der Waals surface area (Å²) in [6.45, 7) is 1.36. The number of amides is 2. The van der Waals surface area contributed by atoms with Crippen molar-refractivity contribution in [1.29, 1.82) is 0 Å². The SMILES string of the molecule is CC(=O)N(C)CC(=O)Nc1nc(CCCC(=O)O)cs1. The number of carbonyl (C=O) groups excluding carboxylic acids is 2. The molecule has 0 spiro atoms. The smallest absolute Gasteiger partial charge is 0.303 e. The van der Waals surface area contributed by atoms with E-state index in [1.165, 1.54) is 23.2 Å². The van der Waals surface area contributed by atoms with Gasteiger partial charge in [0.05, 0.1) is 12.2 Å². The van der Waals surface area contributed by atoms with E-state index in [0.717, 1.165) is 5.69 Å². The van der Waals surface area contributed by atoms with E-state index in [0.29, 0.717) is 18.0 Å². The van der Waals surface area contributed by atoms with Crippen molar-refractivity contribution in [2.75, 3.05) is 18.9 Å². The molecule has 0 aliphatic rings. The van der Waals surface area contributed by atoms with Crippen molar-refractivity contribution in [3.8, 4) is 0 Å². The lowest BCUT2D eigenvalue weighted by atomic mass is 10.2. The minimum atomic E-state index is -0.832. The van der Waals surface area contributed by atoms with Crippen LogP contribution in [0, 0.1) is 0 Å². The highest BCUT2D eigenvalue weighted by atomic mass is 32.1. The number of likely N-dealkylation sites (N-methyl/N-ethyl adjacent to an activating group) is 1. The summed E-state index contributed by atoms with van der Waals surface area (Å²) in [6.07, 6.45) is 1.17. The zero-order chi connectivity index (χ0) is 15.1. The number of aliphatic carboxylic acids is 1. The monoisotopic (exact) mass is 299 g/mol. The Labute approximate surface area is 120 Å². The van der Waals surface area contributed by atoms with Crippen LogP contribution < -0.4 is 5.32 Å². The predicted molar refractivity (Wildman–Crippen MR) is 74.6 cm³/mol. The number of nitrogens with one attached hydrogen (secondary N) is 1. The summed E-state index contributed by atoms with van der Waals surface area (Å²) in [4.78, 5) is 38.5. The predicted octanol–water partition coefficient (Wildman–Crippen LogP) is 0.967. The van der Waals surface area contributed by atoms with Crippen LogP contribution in [0.5, 0.6) is 0 Å². The number of carboxylic acid groups (broad SMARTS) is 1. The molecule has 0 unspecified atom stereocenters. The molecular weight excluding hydrogens is 282 g/mol. The van der Waals surface area contributed by atoms with Gasteiger partial charge in [0.25, 0.3) is 0 Å². The molecule has 20 heavy (non-hydrogen) atoms. The maximum absolute atomic E-state index is 11.6. The Morgan fingerprint density at radius 1 is 1.45 bits per heavy atom. The second-order valence-corrected chi connectivity index (χ2v) is 5.17. The fourth-order valence-electron chi connectivity index (χ4n) is 1.39. The standard InChI is InChI=1S/C12H17N3O4S/c1-8(16)15(2)6-10(17)14-12-13-9(7-20-12)4-3-5-11(18)19/h7H,3-6H2,1-2H3,(H,18,19)(H,13,14,17). The first-order chi connectivity index (χ1) is 9.38. The highest BCUT2D eigenvalue weighted by molar-refractivity contribution is 7.13. The summed E-state index contributed by atoms with van der Waals surface area (Å²) in [5.41, 5.74) is 0.756. The molecule has 0 fully saturated rings. The van der Waals surface area contributed by atoms with Gasteiger partial charge in [-0.15, -0.1) is 11.3 Å². The van der Waals surface area contributed by atoms with Crippen LogP contribution in [-0.2, 0) is 20.8 Å². The maximum Gasteiger partial charge on any atom is 0.303 e. The zero-order valence-electron chi connectivity index (χ0n) is 11.4. The normalized spacial score (nSPS) is 10.1. The number of anilines is 1. The molecule has 0 radical (unpaired) electrons. The summed E-state index contributed by atoms with van der Waals surface area (Å²) >= 11 is 1.28. The third-order valence-corrected chi connectivity index (χ3v) is 3.35. The first kappa shape index (κ1) is 16.1. The van der Waals surface area contributed by atoms with E-state index in [4.69, 9.17) is 5.11 Å². The molecule has 1 heterocycles. The topological polar surface area (TPSA) is 99.6 Å². The maximum atomic E-state index is 11.6. The minimum absolute atomic E-state index is 0.0245. The molecule has 0 saturated heterocycles. The second kappa shape index (κ2) is 7.59. The number of carbonyl (C=O) groups is 3. The Morgan fingerprint density at radius 2 is 2.15 bits per heavy atom. The molecule has 0 aliphatic carbocycles. The van der Waals surface area contributed by atoms with Gasteiger partial charge >= 0.3 is 5.97 Å². The summed E-state index contributed by atoms with van der Waals surface area (Å²) < 4.78 is 0. The first-order valence-corrected chi connectivity index (χ1v) is 6.94. The third kappa shape index (κ3) is 5.79. The lowest BCUT2D eigenvalue weighted by Crippen LogP contribution is -2.33. The van der Waals surface area contributed by atoms with Crippen LogP contribution in [0.2, 0.25) is 0 Å². The lowest BCUT2D eigenvalue weighted by Gasteiger charge is -2.13. The number of hydrogen-bond donors (Lipinski definition) is 2. The van der Waals surface area contributed by atoms with Crippen LogP contribution >= 0.6 is 11.3 Å². The zero-order valence-corrected chi connectivity index (χ0v) is 12.2. The molecule has 7 nitrogen and oxygen atoms in total. The van der Waals surface area contributed by atoms with Gasteiger partial charge in [0.1, 0.15) is 0 Å². The average Bonchev–Trinajstić information content (AvgIpc) is 2.75. The van der Waals surface area contributed by atoms with E-state index >= 15 is 0 Å². The van der Waals surface area contributed by atoms with Gasteiger partial charge in [-0.3, -0.25) is 14.4 Å². The number of thiazole rings is 1. The number of rotatable bonds is 7. The highest BCUT2D eigenvalue weighted by Gasteiger charge is 2.11. The number of aryl methyl sites for hydroxylation is 1. The van der Waals surface area contributed by atoms with Crippen molar-refractivity contribution in [2.24, 2.45) is 0 Å². The van der Waals surface area contributed by atoms with E-state index in [1.54, 1.807) is 12.4 Å². The number of carboxylic acids is 1. The van der Waals surface area contributed by atoms with Crippen molar-refractivity contribution < 1.29 is 19.5 Å². The molecular formula is C12H17N3O4S. The van der Waals surface area contributed by atoms with E-state index in [9.17, 15) is 14.4 Å². The van der Waals surface area contributed by atoms with E-state index in [-0.39, 0.29) is 24.8 Å². The van der Waals surface area contributed by atoms with Crippen LogP contribution in [0.4, 0.5) is 5.13 Å². The summed E-state index contributed by atoms with van der Waals surface area (Å²) in [5.74, 6) is -1.33. The molecule has 2 N–H and O–H groups in total. The van der Waals surface area contributed by atoms with Gasteiger partial charge in [-0.05, 0) is 12.8 Å². The van der Waals surface area contributed by atoms with E-state index in [2.05, 4.69) is 10.3 Å². The molecule has 1 aromatic rings. The number of hydrogen-bond acceptors (Lipinski definition) is 5. The van der Waals surface area contributed by atoms with Gasteiger partial charge in [-0.25, -0.2) is 4.98 Å². The fraction of sp³-hybridized carbons (Fsp3) is 0.500. The largest absolute Gasteiger partial charge is 0.481 e. The van der Waals surface area contributed by atoms with Gasteiger partial charge < -0.3 is 15.3 Å². The summed E-state index contributed by atoms with van der Waals surface area (Å²) in [5, 5.41) is 13.4. The summed E-state index contributed by atoms with van der Waals surface area (Å²) in [7, 11) is 1.54. The average molecular weight is 299 g/mol. The second-order valence-electron chi connectivity index (χ2n) is 4.31. The van der Waals surface area contributed by atoms with Crippen LogP contribution in [0.25, 0.3) is 0 Å². The van der Waals surface area contributed by atoms with Gasteiger partial charge in [-0.2, -0.15) is 0 Å². The highest BCUT2D eigenvalue weighted by Crippen LogP contribution is 2.16. The number of nitrogens with zero attached hydrogens (tertiary/aromatic N) is 2. The molecule has 0 aromatic carbocycles. The van der Waals surface area contributed by atoms with Crippen LogP contribution in [0.15, 0.2) is 5.38 Å². The molecule has 1 rings (SSSR count). The molecule has 1 aromatic heterocycles. The van der Waals surface area contributed by atoms with Crippen molar-refractivity contribution in [3.63, 3.8) is 0 Å². The van der Waals surface area contributed by atoms with Gasteiger partial charge in [0.2, 0.25) is 11.8 Å². The van der Waals surface area contributed by atoms with Crippen molar-refractivity contribution >= 4 is 34.3 Å². The first-order valence-electron chi connectivity index (χ1n) is 6.06. The van der Waals surface area contributed by atoms with E-state index < -0.39 is 5.97 Å². The van der Waals surface area contributed by atoms with E-state index in [1.807, 2.05) is 0 Å². The number of aromatic nitrogens is 1. The Balaban J connectivity index is 2.41. The van der Waals surface area contributed by atoms with Crippen LogP contribution in [0.1, 0.15) is 25.5 Å². The van der Waals surface area contributed by atoms with Gasteiger partial charge in [0.15, 0.2) is 5.13 Å². The van der Waals surface area contributed by atoms with Crippen LogP contribution in [-0.4, -0.2) is 46.4 Å². The van der Waals surface area contributed by atoms with Crippen molar-refractivity contribution in [1.82, 2.24) is 9.88 Å². The Kier molecular flexibility index (Phi) is 6.10. The molecule has 8 heteroatoms. The van der Waals surface area contributed by atoms with Crippen LogP contribution in [0.3, 0.4) is 0 Å². The molecule has 0 aliphatic heterocycles. The summed E-state index contributed by atoms with van der Waals surface area (Å²) in [6, 6.07) is 0. The fourth-order valence-corrected chi connectivity index (χ4v) is 2.15. The molecule has 0 bridgehead atoms. The Hall–Kier alpha value is -1.96. The molecule has 0 saturated carbocycles. The molecule has 110 valence electrons.